The van der Waals surface area contributed by atoms with Crippen LogP contribution in [0.15, 0.2) is 0 Å². The average Bonchev–Trinajstić information content (AvgIpc) is 1.90. The molecule has 0 saturated carbocycles. The average molecular weight is 148 g/mol. The van der Waals surface area contributed by atoms with Crippen molar-refractivity contribution < 1.29 is 14.9 Å². The standard InChI is InChI=1S/C7H16O3/c1-3-7(4-8)10-5-6(2)9/h6-9H,3-5H2,1-2H3. The normalized spacial score (nSPS) is 16.8. The number of ether oxygens (including phenoxy) is 1. The minimum atomic E-state index is -0.444. The monoisotopic (exact) mass is 148 g/mol. The zero-order valence-corrected chi connectivity index (χ0v) is 6.58. The molecular formula is C7H16O3. The van der Waals surface area contributed by atoms with Crippen LogP contribution in [0.25, 0.3) is 0 Å². The van der Waals surface area contributed by atoms with Gasteiger partial charge in [-0.1, -0.05) is 6.92 Å². The predicted molar refractivity (Wildman–Crippen MR) is 38.8 cm³/mol. The molecule has 0 spiro atoms. The largest absolute Gasteiger partial charge is 0.394 e. The van der Waals surface area contributed by atoms with Gasteiger partial charge in [0.05, 0.1) is 25.4 Å². The molecule has 0 aromatic rings. The highest BCUT2D eigenvalue weighted by Crippen LogP contribution is 1.96. The lowest BCUT2D eigenvalue weighted by molar-refractivity contribution is -0.0279. The van der Waals surface area contributed by atoms with Gasteiger partial charge >= 0.3 is 0 Å². The molecule has 0 fully saturated rings. The first-order valence-corrected chi connectivity index (χ1v) is 3.61. The van der Waals surface area contributed by atoms with Gasteiger partial charge in [0.25, 0.3) is 0 Å². The van der Waals surface area contributed by atoms with Gasteiger partial charge in [0.2, 0.25) is 0 Å². The molecule has 0 bridgehead atoms. The van der Waals surface area contributed by atoms with Crippen molar-refractivity contribution in [2.45, 2.75) is 32.5 Å². The van der Waals surface area contributed by atoms with Crippen molar-refractivity contribution in [3.63, 3.8) is 0 Å². The lowest BCUT2D eigenvalue weighted by Gasteiger charge is -2.13. The smallest absolute Gasteiger partial charge is 0.0804 e. The summed E-state index contributed by atoms with van der Waals surface area (Å²) in [6.45, 7) is 3.93. The van der Waals surface area contributed by atoms with Crippen LogP contribution in [0.3, 0.4) is 0 Å². The van der Waals surface area contributed by atoms with Gasteiger partial charge in [-0.25, -0.2) is 0 Å². The number of rotatable bonds is 5. The molecule has 3 heteroatoms. The van der Waals surface area contributed by atoms with Gasteiger partial charge in [0.15, 0.2) is 0 Å². The first-order valence-electron chi connectivity index (χ1n) is 3.61. The molecule has 0 aliphatic heterocycles. The van der Waals surface area contributed by atoms with Gasteiger partial charge in [-0.15, -0.1) is 0 Å². The van der Waals surface area contributed by atoms with Crippen molar-refractivity contribution in [1.29, 1.82) is 0 Å². The first kappa shape index (κ1) is 9.88. The fourth-order valence-electron chi connectivity index (χ4n) is 0.575. The summed E-state index contributed by atoms with van der Waals surface area (Å²) in [5.74, 6) is 0. The zero-order chi connectivity index (χ0) is 7.98. The van der Waals surface area contributed by atoms with Gasteiger partial charge in [-0.3, -0.25) is 0 Å². The Kier molecular flexibility index (Phi) is 5.58. The molecule has 0 rings (SSSR count). The van der Waals surface area contributed by atoms with Crippen molar-refractivity contribution in [3.05, 3.63) is 0 Å². The van der Waals surface area contributed by atoms with E-state index >= 15 is 0 Å². The molecule has 2 N–H and O–H groups in total. The summed E-state index contributed by atoms with van der Waals surface area (Å²) in [4.78, 5) is 0. The Hall–Kier alpha value is -0.120. The molecule has 10 heavy (non-hydrogen) atoms. The fourth-order valence-corrected chi connectivity index (χ4v) is 0.575. The lowest BCUT2D eigenvalue weighted by atomic mass is 10.3. The van der Waals surface area contributed by atoms with Crippen LogP contribution < -0.4 is 0 Å². The summed E-state index contributed by atoms with van der Waals surface area (Å²) in [7, 11) is 0. The van der Waals surface area contributed by atoms with E-state index in [9.17, 15) is 0 Å². The summed E-state index contributed by atoms with van der Waals surface area (Å²) in [5, 5.41) is 17.4. The van der Waals surface area contributed by atoms with E-state index in [2.05, 4.69) is 0 Å². The molecule has 3 nitrogen and oxygen atoms in total. The summed E-state index contributed by atoms with van der Waals surface area (Å²) >= 11 is 0. The van der Waals surface area contributed by atoms with E-state index in [1.54, 1.807) is 6.92 Å². The van der Waals surface area contributed by atoms with Gasteiger partial charge in [-0.05, 0) is 13.3 Å². The van der Waals surface area contributed by atoms with Crippen molar-refractivity contribution in [1.82, 2.24) is 0 Å². The number of aliphatic hydroxyl groups excluding tert-OH is 2. The number of hydrogen-bond donors (Lipinski definition) is 2. The van der Waals surface area contributed by atoms with Crippen molar-refractivity contribution in [2.75, 3.05) is 13.2 Å². The maximum absolute atomic E-state index is 8.79. The third-order valence-electron chi connectivity index (χ3n) is 1.23. The van der Waals surface area contributed by atoms with E-state index in [-0.39, 0.29) is 12.7 Å². The molecule has 0 aliphatic carbocycles. The second kappa shape index (κ2) is 5.65. The van der Waals surface area contributed by atoms with E-state index in [0.717, 1.165) is 6.42 Å². The summed E-state index contributed by atoms with van der Waals surface area (Å²) < 4.78 is 5.10. The Morgan fingerprint density at radius 1 is 1.50 bits per heavy atom. The quantitative estimate of drug-likeness (QED) is 0.583. The van der Waals surface area contributed by atoms with Crippen LogP contribution in [0.1, 0.15) is 20.3 Å². The van der Waals surface area contributed by atoms with Gasteiger partial charge in [0, 0.05) is 0 Å². The number of aliphatic hydroxyl groups is 2. The van der Waals surface area contributed by atoms with E-state index in [4.69, 9.17) is 14.9 Å². The molecule has 62 valence electrons. The second-order valence-electron chi connectivity index (χ2n) is 2.40. The van der Waals surface area contributed by atoms with E-state index in [1.165, 1.54) is 0 Å². The van der Waals surface area contributed by atoms with Crippen LogP contribution in [0.5, 0.6) is 0 Å². The molecule has 2 unspecified atom stereocenters. The topological polar surface area (TPSA) is 49.7 Å². The summed E-state index contributed by atoms with van der Waals surface area (Å²) in [5.41, 5.74) is 0. The van der Waals surface area contributed by atoms with Crippen molar-refractivity contribution >= 4 is 0 Å². The van der Waals surface area contributed by atoms with Crippen LogP contribution in [0, 0.1) is 0 Å². The predicted octanol–water partition coefficient (Wildman–Crippen LogP) is 0.155. The molecule has 0 aromatic heterocycles. The van der Waals surface area contributed by atoms with Crippen molar-refractivity contribution in [2.24, 2.45) is 0 Å². The zero-order valence-electron chi connectivity index (χ0n) is 6.58. The van der Waals surface area contributed by atoms with Crippen molar-refractivity contribution in [3.8, 4) is 0 Å². The lowest BCUT2D eigenvalue weighted by Crippen LogP contribution is -2.21. The number of hydrogen-bond acceptors (Lipinski definition) is 3. The van der Waals surface area contributed by atoms with E-state index in [1.807, 2.05) is 6.92 Å². The Morgan fingerprint density at radius 3 is 2.40 bits per heavy atom. The Balaban J connectivity index is 3.26. The third kappa shape index (κ3) is 4.73. The molecular weight excluding hydrogens is 132 g/mol. The molecule has 0 radical (unpaired) electrons. The van der Waals surface area contributed by atoms with Gasteiger partial charge in [0.1, 0.15) is 0 Å². The molecule has 0 aliphatic rings. The van der Waals surface area contributed by atoms with Crippen LogP contribution in [-0.2, 0) is 4.74 Å². The molecule has 0 aromatic carbocycles. The third-order valence-corrected chi connectivity index (χ3v) is 1.23. The summed E-state index contributed by atoms with van der Waals surface area (Å²) in [6.07, 6.45) is 0.221. The maximum Gasteiger partial charge on any atom is 0.0804 e. The molecule has 0 saturated heterocycles. The second-order valence-corrected chi connectivity index (χ2v) is 2.40. The molecule has 2 atom stereocenters. The van der Waals surface area contributed by atoms with E-state index in [0.29, 0.717) is 6.61 Å². The summed E-state index contributed by atoms with van der Waals surface area (Å²) in [6, 6.07) is 0. The minimum absolute atomic E-state index is 0.0310. The van der Waals surface area contributed by atoms with Crippen LogP contribution in [0.2, 0.25) is 0 Å². The van der Waals surface area contributed by atoms with Crippen LogP contribution >= 0.6 is 0 Å². The fraction of sp³-hybridized carbons (Fsp3) is 1.00. The molecule has 0 amide bonds. The van der Waals surface area contributed by atoms with Gasteiger partial charge < -0.3 is 14.9 Å². The first-order chi connectivity index (χ1) is 4.70. The minimum Gasteiger partial charge on any atom is -0.394 e. The van der Waals surface area contributed by atoms with Gasteiger partial charge in [-0.2, -0.15) is 0 Å². The van der Waals surface area contributed by atoms with E-state index < -0.39 is 6.10 Å². The van der Waals surface area contributed by atoms with Crippen LogP contribution in [-0.4, -0.2) is 35.6 Å². The highest BCUT2D eigenvalue weighted by atomic mass is 16.5. The molecule has 0 heterocycles. The SMILES string of the molecule is CCC(CO)OCC(C)O. The maximum atomic E-state index is 8.79. The highest BCUT2D eigenvalue weighted by molar-refractivity contribution is 4.52. The Morgan fingerprint density at radius 2 is 2.10 bits per heavy atom. The highest BCUT2D eigenvalue weighted by Gasteiger charge is 2.05. The van der Waals surface area contributed by atoms with Crippen LogP contribution in [0.4, 0.5) is 0 Å². The Bertz CT molecular complexity index is 69.3. The Labute approximate surface area is 61.6 Å².